The van der Waals surface area contributed by atoms with Crippen molar-refractivity contribution in [3.8, 4) is 5.75 Å². The first-order chi connectivity index (χ1) is 8.52. The van der Waals surface area contributed by atoms with Crippen molar-refractivity contribution in [1.82, 2.24) is 4.90 Å². The normalized spacial score (nSPS) is 11.1. The van der Waals surface area contributed by atoms with Gasteiger partial charge < -0.3 is 15.4 Å². The second kappa shape index (κ2) is 6.81. The Morgan fingerprint density at radius 2 is 2.17 bits per heavy atom. The number of hydrogen-bond donors (Lipinski definition) is 1. The van der Waals surface area contributed by atoms with Crippen molar-refractivity contribution in [3.05, 3.63) is 35.4 Å². The van der Waals surface area contributed by atoms with Crippen molar-refractivity contribution in [3.63, 3.8) is 0 Å². The molecule has 0 saturated heterocycles. The number of benzene rings is 1. The van der Waals surface area contributed by atoms with Crippen LogP contribution in [0.1, 0.15) is 18.1 Å². The average molecular weight is 248 g/mol. The first-order valence-corrected chi connectivity index (χ1v) is 5.91. The van der Waals surface area contributed by atoms with E-state index in [1.54, 1.807) is 6.08 Å². The highest BCUT2D eigenvalue weighted by molar-refractivity contribution is 5.90. The molecule has 98 valence electrons. The second-order valence-electron chi connectivity index (χ2n) is 4.27. The number of primary amides is 1. The highest BCUT2D eigenvalue weighted by Crippen LogP contribution is 2.22. The predicted molar refractivity (Wildman–Crippen MR) is 73.2 cm³/mol. The summed E-state index contributed by atoms with van der Waals surface area (Å²) in [6.07, 6.45) is 3.06. The fourth-order valence-electron chi connectivity index (χ4n) is 1.64. The number of amides is 1. The number of nitrogens with two attached hydrogens (primary N) is 1. The quantitative estimate of drug-likeness (QED) is 0.779. The minimum absolute atomic E-state index is 0.446. The Hall–Kier alpha value is -1.81. The van der Waals surface area contributed by atoms with Crippen LogP contribution >= 0.6 is 0 Å². The topological polar surface area (TPSA) is 55.6 Å². The third-order valence-electron chi connectivity index (χ3n) is 2.31. The van der Waals surface area contributed by atoms with Crippen molar-refractivity contribution >= 4 is 12.0 Å². The highest BCUT2D eigenvalue weighted by atomic mass is 16.5. The molecule has 0 unspecified atom stereocenters. The molecule has 4 heteroatoms. The third-order valence-corrected chi connectivity index (χ3v) is 2.31. The summed E-state index contributed by atoms with van der Waals surface area (Å²) >= 11 is 0. The highest BCUT2D eigenvalue weighted by Gasteiger charge is 2.05. The molecule has 0 bridgehead atoms. The third kappa shape index (κ3) is 4.59. The zero-order valence-electron chi connectivity index (χ0n) is 11.1. The van der Waals surface area contributed by atoms with E-state index in [9.17, 15) is 4.79 Å². The Morgan fingerprint density at radius 3 is 2.72 bits per heavy atom. The van der Waals surface area contributed by atoms with Gasteiger partial charge in [0.05, 0.1) is 6.61 Å². The number of rotatable bonds is 6. The standard InChI is InChI=1S/C14H20N2O2/c1-4-18-13-7-5-11(6-8-14(15)17)9-12(13)10-16(2)3/h5-9H,4,10H2,1-3H3,(H2,15,17)/b8-6-. The van der Waals surface area contributed by atoms with E-state index in [4.69, 9.17) is 10.5 Å². The molecule has 0 aliphatic heterocycles. The molecular weight excluding hydrogens is 228 g/mol. The molecule has 0 spiro atoms. The van der Waals surface area contributed by atoms with Crippen LogP contribution in [0.4, 0.5) is 0 Å². The first-order valence-electron chi connectivity index (χ1n) is 5.91. The molecule has 0 atom stereocenters. The van der Waals surface area contributed by atoms with Gasteiger partial charge >= 0.3 is 0 Å². The van der Waals surface area contributed by atoms with E-state index in [0.29, 0.717) is 6.61 Å². The summed E-state index contributed by atoms with van der Waals surface area (Å²) in [7, 11) is 4.00. The fraction of sp³-hybridized carbons (Fsp3) is 0.357. The summed E-state index contributed by atoms with van der Waals surface area (Å²) in [5.41, 5.74) is 7.11. The molecule has 2 N–H and O–H groups in total. The molecule has 18 heavy (non-hydrogen) atoms. The number of ether oxygens (including phenoxy) is 1. The summed E-state index contributed by atoms with van der Waals surface area (Å²) in [6.45, 7) is 3.38. The zero-order valence-corrected chi connectivity index (χ0v) is 11.1. The van der Waals surface area contributed by atoms with Crippen molar-refractivity contribution in [1.29, 1.82) is 0 Å². The Kier molecular flexibility index (Phi) is 5.39. The number of hydrogen-bond acceptors (Lipinski definition) is 3. The van der Waals surface area contributed by atoms with Gasteiger partial charge in [0.25, 0.3) is 0 Å². The monoisotopic (exact) mass is 248 g/mol. The second-order valence-corrected chi connectivity index (χ2v) is 4.27. The van der Waals surface area contributed by atoms with Gasteiger partial charge in [-0.15, -0.1) is 0 Å². The minimum atomic E-state index is -0.446. The molecule has 0 radical (unpaired) electrons. The molecule has 0 heterocycles. The Labute approximate surface area is 108 Å². The predicted octanol–water partition coefficient (Wildman–Crippen LogP) is 1.65. The minimum Gasteiger partial charge on any atom is -0.494 e. The van der Waals surface area contributed by atoms with Gasteiger partial charge in [0, 0.05) is 18.2 Å². The molecule has 1 rings (SSSR count). The SMILES string of the molecule is CCOc1ccc(/C=C\C(N)=O)cc1CN(C)C. The first kappa shape index (κ1) is 14.3. The van der Waals surface area contributed by atoms with Gasteiger partial charge in [0.1, 0.15) is 5.75 Å². The fourth-order valence-corrected chi connectivity index (χ4v) is 1.64. The molecule has 4 nitrogen and oxygen atoms in total. The van der Waals surface area contributed by atoms with Gasteiger partial charge in [0.15, 0.2) is 0 Å². The van der Waals surface area contributed by atoms with Gasteiger partial charge in [-0.3, -0.25) is 4.79 Å². The molecule has 1 aromatic carbocycles. The van der Waals surface area contributed by atoms with Crippen LogP contribution in [0.3, 0.4) is 0 Å². The molecule has 1 amide bonds. The van der Waals surface area contributed by atoms with Gasteiger partial charge in [-0.05, 0) is 44.8 Å². The molecule has 0 saturated carbocycles. The molecule has 0 fully saturated rings. The van der Waals surface area contributed by atoms with Crippen LogP contribution in [0.15, 0.2) is 24.3 Å². The smallest absolute Gasteiger partial charge is 0.241 e. The van der Waals surface area contributed by atoms with Crippen molar-refractivity contribution in [2.75, 3.05) is 20.7 Å². The molecule has 0 aliphatic carbocycles. The van der Waals surface area contributed by atoms with Crippen LogP contribution in [0.25, 0.3) is 6.08 Å². The number of carbonyl (C=O) groups excluding carboxylic acids is 1. The van der Waals surface area contributed by atoms with E-state index < -0.39 is 5.91 Å². The number of nitrogens with zero attached hydrogens (tertiary/aromatic N) is 1. The van der Waals surface area contributed by atoms with Crippen LogP contribution in [-0.2, 0) is 11.3 Å². The molecule has 0 aromatic heterocycles. The summed E-state index contributed by atoms with van der Waals surface area (Å²) in [5.74, 6) is 0.431. The van der Waals surface area contributed by atoms with Gasteiger partial charge in [-0.2, -0.15) is 0 Å². The Morgan fingerprint density at radius 1 is 1.44 bits per heavy atom. The maximum Gasteiger partial charge on any atom is 0.241 e. The maximum absolute atomic E-state index is 10.7. The molecular formula is C14H20N2O2. The summed E-state index contributed by atoms with van der Waals surface area (Å²) in [5, 5.41) is 0. The van der Waals surface area contributed by atoms with Crippen molar-refractivity contribution < 1.29 is 9.53 Å². The lowest BCUT2D eigenvalue weighted by molar-refractivity contribution is -0.113. The Bertz CT molecular complexity index is 439. The molecule has 0 aliphatic rings. The van der Waals surface area contributed by atoms with E-state index in [0.717, 1.165) is 23.4 Å². The lowest BCUT2D eigenvalue weighted by Crippen LogP contribution is -2.12. The van der Waals surface area contributed by atoms with E-state index in [-0.39, 0.29) is 0 Å². The van der Waals surface area contributed by atoms with Crippen LogP contribution in [-0.4, -0.2) is 31.5 Å². The van der Waals surface area contributed by atoms with Crippen LogP contribution in [0.2, 0.25) is 0 Å². The van der Waals surface area contributed by atoms with E-state index in [1.807, 2.05) is 39.2 Å². The zero-order chi connectivity index (χ0) is 13.5. The van der Waals surface area contributed by atoms with Gasteiger partial charge in [-0.25, -0.2) is 0 Å². The average Bonchev–Trinajstić information content (AvgIpc) is 2.29. The van der Waals surface area contributed by atoms with Crippen LogP contribution < -0.4 is 10.5 Å². The summed E-state index contributed by atoms with van der Waals surface area (Å²) in [4.78, 5) is 12.8. The maximum atomic E-state index is 10.7. The van der Waals surface area contributed by atoms with Gasteiger partial charge in [0.2, 0.25) is 5.91 Å². The van der Waals surface area contributed by atoms with E-state index >= 15 is 0 Å². The number of carbonyl (C=O) groups is 1. The Balaban J connectivity index is 3.00. The summed E-state index contributed by atoms with van der Waals surface area (Å²) in [6, 6.07) is 5.83. The lowest BCUT2D eigenvalue weighted by Gasteiger charge is -2.15. The van der Waals surface area contributed by atoms with E-state index in [1.165, 1.54) is 6.08 Å². The van der Waals surface area contributed by atoms with Crippen molar-refractivity contribution in [2.45, 2.75) is 13.5 Å². The van der Waals surface area contributed by atoms with E-state index in [2.05, 4.69) is 4.90 Å². The van der Waals surface area contributed by atoms with Crippen molar-refractivity contribution in [2.24, 2.45) is 5.73 Å². The van der Waals surface area contributed by atoms with Crippen LogP contribution in [0, 0.1) is 0 Å². The van der Waals surface area contributed by atoms with Crippen LogP contribution in [0.5, 0.6) is 5.75 Å². The summed E-state index contributed by atoms with van der Waals surface area (Å²) < 4.78 is 5.58. The largest absolute Gasteiger partial charge is 0.494 e. The molecule has 1 aromatic rings. The lowest BCUT2D eigenvalue weighted by atomic mass is 10.1. The van der Waals surface area contributed by atoms with Gasteiger partial charge in [-0.1, -0.05) is 6.07 Å².